The number of hydrogen-bond acceptors (Lipinski definition) is 17. The van der Waals surface area contributed by atoms with Crippen molar-refractivity contribution in [1.29, 1.82) is 0 Å². The summed E-state index contributed by atoms with van der Waals surface area (Å²) < 4.78 is 17.0. The smallest absolute Gasteiger partial charge is 0.410 e. The first-order chi connectivity index (χ1) is 46.7. The first kappa shape index (κ1) is 95.2. The fourth-order valence-electron chi connectivity index (χ4n) is 12.6. The lowest BCUT2D eigenvalue weighted by Gasteiger charge is -2.42. The maximum Gasteiger partial charge on any atom is 0.410 e. The van der Waals surface area contributed by atoms with Crippen LogP contribution in [-0.4, -0.2) is 238 Å². The number of amides is 8. The number of ether oxygens (including phenoxy) is 3. The molecule has 8 amide bonds. The van der Waals surface area contributed by atoms with Crippen LogP contribution >= 0.6 is 0 Å². The Hall–Kier alpha value is -6.79. The fourth-order valence-corrected chi connectivity index (χ4v) is 12.6. The SMILES string of the molecule is C/C=C/C[C@@H](C)[C@@H](OC(C)=O)[C@@H](C(=O)N[C@@H](CC)C(=O)OCCN(C)C(C)=O)N(C)C(=O)[C@H](C(C)C)N(C)C(=O)[C@H](CC(C)C)N(C)C(=O)[C@H](CC(C)C)N(C)C(=O)[C@@H](C)CC(=O)[C@H](C)CC(=O)[C@H](CC(C)C)N(C)C(=O)[C@@H](CC(=O)[C@H]([C@H](C)CCC(C)(C)O)N(C)C(=O)OC(C)(C)C)C(C)C. The van der Waals surface area contributed by atoms with Gasteiger partial charge in [-0.1, -0.05) is 116 Å². The molecule has 102 heavy (non-hydrogen) atoms. The molecule has 0 unspecified atom stereocenters. The average Bonchev–Trinajstić information content (AvgIpc) is 0.803. The van der Waals surface area contributed by atoms with Crippen LogP contribution in [0.15, 0.2) is 12.2 Å². The highest BCUT2D eigenvalue weighted by atomic mass is 16.6. The Morgan fingerprint density at radius 3 is 1.43 bits per heavy atom. The lowest BCUT2D eigenvalue weighted by atomic mass is 9.82. The van der Waals surface area contributed by atoms with Gasteiger partial charge >= 0.3 is 18.0 Å². The van der Waals surface area contributed by atoms with Crippen molar-refractivity contribution in [2.24, 2.45) is 59.2 Å². The van der Waals surface area contributed by atoms with E-state index in [9.17, 15) is 53.1 Å². The zero-order valence-electron chi connectivity index (χ0n) is 68.1. The lowest BCUT2D eigenvalue weighted by Crippen LogP contribution is -2.63. The van der Waals surface area contributed by atoms with Gasteiger partial charge in [-0.05, 0) is 128 Å². The number of carbonyl (C=O) groups excluding carboxylic acids is 13. The van der Waals surface area contributed by atoms with Crippen molar-refractivity contribution < 1.29 is 81.6 Å². The zero-order chi connectivity index (χ0) is 79.7. The molecular weight excluding hydrogens is 1310 g/mol. The van der Waals surface area contributed by atoms with Gasteiger partial charge in [0, 0.05) is 100 Å². The van der Waals surface area contributed by atoms with Crippen LogP contribution in [0.5, 0.6) is 0 Å². The highest BCUT2D eigenvalue weighted by molar-refractivity contribution is 5.99. The number of aliphatic hydroxyl groups is 1. The molecule has 0 bridgehead atoms. The van der Waals surface area contributed by atoms with Crippen molar-refractivity contribution in [3.05, 3.63) is 12.2 Å². The summed E-state index contributed by atoms with van der Waals surface area (Å²) >= 11 is 0. The third-order valence-electron chi connectivity index (χ3n) is 19.0. The number of ketones is 3. The van der Waals surface area contributed by atoms with Gasteiger partial charge in [0.1, 0.15) is 54.3 Å². The Bertz CT molecular complexity index is 2820. The number of rotatable bonds is 44. The van der Waals surface area contributed by atoms with Gasteiger partial charge in [0.15, 0.2) is 11.6 Å². The minimum absolute atomic E-state index is 0.0667. The van der Waals surface area contributed by atoms with E-state index in [1.807, 2.05) is 68.4 Å². The van der Waals surface area contributed by atoms with Crippen LogP contribution in [0, 0.1) is 59.2 Å². The molecule has 2 N–H and O–H groups in total. The standard InChI is InChI=1S/C77H136N8O17/c1-31-33-34-51(14)67(101-55(18)87)66(68(91)78-57(32-2)74(97)100-38-37-79(24)54(17)86)84(29)73(96)64(49(11)12)83(28)72(95)60(41-47(7)8)82(27)71(94)59(40-46(5)6)81(26)69(92)53(16)43-61(88)52(15)42-62(89)58(39-45(3)4)80(25)70(93)56(48(9)10)44-63(90)65(50(13)35-36-77(22,23)99)85(30)75(98)102-76(19,20)21/h31,33,45-53,56-60,64-67,99H,32,34-44H2,1-30H3,(H,78,91)/b33-31+/t50-,51-,52-,53+,56+,57+,58+,59+,60+,64+,65+,66+,67-/m1/s1. The average molecular weight is 1450 g/mol. The summed E-state index contributed by atoms with van der Waals surface area (Å²) in [5.41, 5.74) is -1.90. The molecule has 0 aromatic carbocycles. The summed E-state index contributed by atoms with van der Waals surface area (Å²) in [6.07, 6.45) is 2.43. The van der Waals surface area contributed by atoms with Gasteiger partial charge < -0.3 is 58.9 Å². The zero-order valence-corrected chi connectivity index (χ0v) is 68.1. The summed E-state index contributed by atoms with van der Waals surface area (Å²) in [5.74, 6) is -11.9. The van der Waals surface area contributed by atoms with Crippen molar-refractivity contribution >= 4 is 76.7 Å². The second-order valence-corrected chi connectivity index (χ2v) is 32.3. The number of likely N-dealkylation sites (N-methyl/N-ethyl adjacent to an activating group) is 7. The van der Waals surface area contributed by atoms with E-state index in [1.54, 1.807) is 96.2 Å². The van der Waals surface area contributed by atoms with Gasteiger partial charge in [-0.15, -0.1) is 0 Å². The Labute approximate surface area is 612 Å². The van der Waals surface area contributed by atoms with E-state index in [2.05, 4.69) is 5.32 Å². The van der Waals surface area contributed by atoms with Crippen LogP contribution in [0.3, 0.4) is 0 Å². The second kappa shape index (κ2) is 43.5. The predicted octanol–water partition coefficient (Wildman–Crippen LogP) is 9.21. The van der Waals surface area contributed by atoms with E-state index in [-0.39, 0.29) is 99.2 Å². The highest BCUT2D eigenvalue weighted by Crippen LogP contribution is 2.31. The van der Waals surface area contributed by atoms with Crippen LogP contribution < -0.4 is 5.32 Å². The molecule has 0 aliphatic carbocycles. The molecule has 0 saturated heterocycles. The minimum Gasteiger partial charge on any atom is -0.462 e. The predicted molar refractivity (Wildman–Crippen MR) is 395 cm³/mol. The van der Waals surface area contributed by atoms with E-state index >= 15 is 14.4 Å². The molecule has 0 aliphatic heterocycles. The third-order valence-corrected chi connectivity index (χ3v) is 19.0. The molecular formula is C77H136N8O17. The van der Waals surface area contributed by atoms with Crippen LogP contribution in [0.4, 0.5) is 4.79 Å². The van der Waals surface area contributed by atoms with E-state index < -0.39 is 154 Å². The van der Waals surface area contributed by atoms with Gasteiger partial charge in [-0.2, -0.15) is 0 Å². The van der Waals surface area contributed by atoms with Crippen molar-refractivity contribution in [2.45, 2.75) is 283 Å². The van der Waals surface area contributed by atoms with E-state index in [1.165, 1.54) is 85.5 Å². The number of allylic oxidation sites excluding steroid dienone is 2. The topological polar surface area (TPSA) is 305 Å². The molecule has 25 nitrogen and oxygen atoms in total. The number of esters is 2. The molecule has 586 valence electrons. The van der Waals surface area contributed by atoms with Crippen molar-refractivity contribution in [3.8, 4) is 0 Å². The van der Waals surface area contributed by atoms with Gasteiger partial charge in [-0.25, -0.2) is 9.59 Å². The summed E-state index contributed by atoms with van der Waals surface area (Å²) in [6.45, 7) is 39.5. The third kappa shape index (κ3) is 30.9. The molecule has 0 saturated carbocycles. The Morgan fingerprint density at radius 2 is 0.990 bits per heavy atom. The fraction of sp³-hybridized carbons (Fsp3) is 0.805. The summed E-state index contributed by atoms with van der Waals surface area (Å²) in [4.78, 5) is 194. The molecule has 25 heteroatoms. The van der Waals surface area contributed by atoms with Crippen LogP contribution in [0.2, 0.25) is 0 Å². The Balaban J connectivity index is 7.22. The van der Waals surface area contributed by atoms with E-state index in [4.69, 9.17) is 14.2 Å². The minimum atomic E-state index is -1.56. The maximum absolute atomic E-state index is 15.3. The van der Waals surface area contributed by atoms with Crippen LogP contribution in [-0.2, 0) is 71.7 Å². The number of carbonyl (C=O) groups is 13. The number of nitrogens with zero attached hydrogens (tertiary/aromatic N) is 7. The molecule has 0 aliphatic rings. The van der Waals surface area contributed by atoms with Crippen LogP contribution in [0.1, 0.15) is 223 Å². The molecule has 0 aromatic heterocycles. The molecule has 0 rings (SSSR count). The van der Waals surface area contributed by atoms with Crippen molar-refractivity contribution in [1.82, 2.24) is 39.6 Å². The Kier molecular flexibility index (Phi) is 40.6. The molecule has 13 atom stereocenters. The van der Waals surface area contributed by atoms with Gasteiger partial charge in [0.25, 0.3) is 0 Å². The first-order valence-corrected chi connectivity index (χ1v) is 36.8. The monoisotopic (exact) mass is 1450 g/mol. The molecule has 0 aromatic rings. The van der Waals surface area contributed by atoms with Gasteiger partial charge in [0.2, 0.25) is 41.4 Å². The summed E-state index contributed by atoms with van der Waals surface area (Å²) in [5, 5.41) is 13.3. The van der Waals surface area contributed by atoms with Gasteiger partial charge in [0.05, 0.1) is 24.2 Å². The maximum atomic E-state index is 15.3. The van der Waals surface area contributed by atoms with Gasteiger partial charge in [-0.3, -0.25) is 52.7 Å². The van der Waals surface area contributed by atoms with Crippen LogP contribution in [0.25, 0.3) is 0 Å². The van der Waals surface area contributed by atoms with E-state index in [0.29, 0.717) is 19.3 Å². The highest BCUT2D eigenvalue weighted by Gasteiger charge is 2.47. The van der Waals surface area contributed by atoms with E-state index in [0.717, 1.165) is 4.90 Å². The molecule has 0 fully saturated rings. The largest absolute Gasteiger partial charge is 0.462 e. The molecule has 0 spiro atoms. The quantitative estimate of drug-likeness (QED) is 0.0326. The van der Waals surface area contributed by atoms with Crippen molar-refractivity contribution in [3.63, 3.8) is 0 Å². The molecule has 0 radical (unpaired) electrons. The summed E-state index contributed by atoms with van der Waals surface area (Å²) in [7, 11) is 10.3. The number of hydrogen-bond donors (Lipinski definition) is 2. The number of Topliss-reactive ketones (excluding diaryl/α,β-unsaturated/α-hetero) is 3. The Morgan fingerprint density at radius 1 is 0.520 bits per heavy atom. The normalized spacial score (nSPS) is 15.9. The lowest BCUT2D eigenvalue weighted by molar-refractivity contribution is -0.164. The van der Waals surface area contributed by atoms with Crippen molar-refractivity contribution in [2.75, 3.05) is 62.5 Å². The first-order valence-electron chi connectivity index (χ1n) is 36.8. The second-order valence-electron chi connectivity index (χ2n) is 32.3. The summed E-state index contributed by atoms with van der Waals surface area (Å²) in [6, 6.07) is -8.38. The number of nitrogens with one attached hydrogen (secondary N) is 1. The molecule has 0 heterocycles.